The summed E-state index contributed by atoms with van der Waals surface area (Å²) in [5.74, 6) is -0.277. The van der Waals surface area contributed by atoms with Gasteiger partial charge in [0.05, 0.1) is 6.61 Å². The van der Waals surface area contributed by atoms with Gasteiger partial charge < -0.3 is 10.1 Å². The quantitative estimate of drug-likeness (QED) is 0.625. The van der Waals surface area contributed by atoms with Gasteiger partial charge in [0.2, 0.25) is 5.69 Å². The average molecular weight is 260 g/mol. The van der Waals surface area contributed by atoms with Gasteiger partial charge in [-0.1, -0.05) is 0 Å². The second-order valence-corrected chi connectivity index (χ2v) is 3.61. The number of aldehydes is 1. The number of esters is 1. The zero-order valence-electron chi connectivity index (χ0n) is 10.2. The third-order valence-electron chi connectivity index (χ3n) is 2.33. The minimum atomic E-state index is -0.553. The molecule has 2 aromatic rings. The first-order valence-electron chi connectivity index (χ1n) is 5.64. The number of benzene rings is 1. The summed E-state index contributed by atoms with van der Waals surface area (Å²) in [6.07, 6.45) is 0.754. The molecule has 98 valence electrons. The number of carbonyl (C=O) groups excluding carboxylic acids is 2. The molecule has 0 aliphatic carbocycles. The molecule has 1 aromatic heterocycles. The molecule has 0 aliphatic heterocycles. The normalized spacial score (nSPS) is 9.95. The molecule has 2 rings (SSSR count). The van der Waals surface area contributed by atoms with Crippen molar-refractivity contribution in [3.63, 3.8) is 0 Å². The smallest absolute Gasteiger partial charge is 0.362 e. The van der Waals surface area contributed by atoms with E-state index in [-0.39, 0.29) is 18.1 Å². The van der Waals surface area contributed by atoms with Crippen LogP contribution in [0, 0.1) is 0 Å². The van der Waals surface area contributed by atoms with E-state index in [9.17, 15) is 9.59 Å². The van der Waals surface area contributed by atoms with Crippen molar-refractivity contribution in [2.24, 2.45) is 0 Å². The Bertz CT molecular complexity index is 577. The van der Waals surface area contributed by atoms with Gasteiger partial charge in [-0.15, -0.1) is 10.2 Å². The van der Waals surface area contributed by atoms with Gasteiger partial charge in [0.15, 0.2) is 5.82 Å². The third kappa shape index (κ3) is 2.95. The highest BCUT2D eigenvalue weighted by Gasteiger charge is 2.17. The Labute approximate surface area is 109 Å². The van der Waals surface area contributed by atoms with E-state index in [2.05, 4.69) is 20.7 Å². The van der Waals surface area contributed by atoms with Crippen LogP contribution >= 0.6 is 0 Å². The van der Waals surface area contributed by atoms with E-state index in [1.54, 1.807) is 31.2 Å². The molecule has 0 aliphatic rings. The molecule has 7 nitrogen and oxygen atoms in total. The summed E-state index contributed by atoms with van der Waals surface area (Å²) in [5, 5.41) is 12.9. The average Bonchev–Trinajstić information content (AvgIpc) is 2.88. The molecule has 0 bridgehead atoms. The molecule has 1 aromatic carbocycles. The Morgan fingerprint density at radius 3 is 2.74 bits per heavy atom. The van der Waals surface area contributed by atoms with Gasteiger partial charge >= 0.3 is 5.97 Å². The molecule has 2 N–H and O–H groups in total. The summed E-state index contributed by atoms with van der Waals surface area (Å²) in [7, 11) is 0. The predicted molar refractivity (Wildman–Crippen MR) is 67.5 cm³/mol. The van der Waals surface area contributed by atoms with Crippen LogP contribution in [0.4, 0.5) is 11.5 Å². The van der Waals surface area contributed by atoms with Crippen LogP contribution in [-0.2, 0) is 4.74 Å². The number of rotatable bonds is 5. The van der Waals surface area contributed by atoms with Crippen LogP contribution in [0.5, 0.6) is 0 Å². The Morgan fingerprint density at radius 1 is 1.37 bits per heavy atom. The lowest BCUT2D eigenvalue weighted by molar-refractivity contribution is 0.0520. The first-order valence-corrected chi connectivity index (χ1v) is 5.64. The van der Waals surface area contributed by atoms with E-state index in [4.69, 9.17) is 4.74 Å². The minimum absolute atomic E-state index is 0.0845. The van der Waals surface area contributed by atoms with Crippen LogP contribution in [0.25, 0.3) is 0 Å². The van der Waals surface area contributed by atoms with Crippen LogP contribution in [0.2, 0.25) is 0 Å². The number of nitrogens with zero attached hydrogens (tertiary/aromatic N) is 2. The van der Waals surface area contributed by atoms with E-state index >= 15 is 0 Å². The fourth-order valence-electron chi connectivity index (χ4n) is 1.44. The summed E-state index contributed by atoms with van der Waals surface area (Å²) in [4.78, 5) is 22.1. The van der Waals surface area contributed by atoms with Crippen LogP contribution in [0.1, 0.15) is 27.8 Å². The SMILES string of the molecule is CCOC(=O)c1n[nH]nc1Nc1ccc(C=O)cc1. The van der Waals surface area contributed by atoms with E-state index in [1.807, 2.05) is 0 Å². The molecule has 1 heterocycles. The third-order valence-corrected chi connectivity index (χ3v) is 2.33. The molecular weight excluding hydrogens is 248 g/mol. The van der Waals surface area contributed by atoms with Crippen molar-refractivity contribution in [1.29, 1.82) is 0 Å². The van der Waals surface area contributed by atoms with Crippen molar-refractivity contribution in [3.05, 3.63) is 35.5 Å². The van der Waals surface area contributed by atoms with E-state index in [0.717, 1.165) is 6.29 Å². The van der Waals surface area contributed by atoms with Gasteiger partial charge in [-0.2, -0.15) is 5.21 Å². The number of aromatic nitrogens is 3. The number of carbonyl (C=O) groups is 2. The number of nitrogens with one attached hydrogen (secondary N) is 2. The van der Waals surface area contributed by atoms with E-state index < -0.39 is 5.97 Å². The number of aromatic amines is 1. The zero-order chi connectivity index (χ0) is 13.7. The monoisotopic (exact) mass is 260 g/mol. The number of hydrogen-bond acceptors (Lipinski definition) is 6. The second kappa shape index (κ2) is 5.76. The summed E-state index contributed by atoms with van der Waals surface area (Å²) >= 11 is 0. The lowest BCUT2D eigenvalue weighted by Crippen LogP contribution is -2.08. The Morgan fingerprint density at radius 2 is 2.11 bits per heavy atom. The molecule has 19 heavy (non-hydrogen) atoms. The van der Waals surface area contributed by atoms with Crippen molar-refractivity contribution in [1.82, 2.24) is 15.4 Å². The molecule has 0 unspecified atom stereocenters. The molecule has 0 spiro atoms. The van der Waals surface area contributed by atoms with E-state index in [0.29, 0.717) is 11.3 Å². The van der Waals surface area contributed by atoms with Crippen LogP contribution in [-0.4, -0.2) is 34.3 Å². The Balaban J connectivity index is 2.16. The first kappa shape index (κ1) is 12.7. The number of anilines is 2. The maximum absolute atomic E-state index is 11.6. The molecular formula is C12H12N4O3. The topological polar surface area (TPSA) is 97.0 Å². The van der Waals surface area contributed by atoms with Crippen molar-refractivity contribution in [3.8, 4) is 0 Å². The van der Waals surface area contributed by atoms with Crippen LogP contribution < -0.4 is 5.32 Å². The standard InChI is InChI=1S/C12H12N4O3/c1-2-19-12(18)10-11(15-16-14-10)13-9-5-3-8(7-17)4-6-9/h3-7H,2H2,1H3,(H2,13,14,15,16). The highest BCUT2D eigenvalue weighted by atomic mass is 16.5. The number of ether oxygens (including phenoxy) is 1. The largest absolute Gasteiger partial charge is 0.461 e. The van der Waals surface area contributed by atoms with Crippen molar-refractivity contribution < 1.29 is 14.3 Å². The van der Waals surface area contributed by atoms with Gasteiger partial charge in [-0.3, -0.25) is 4.79 Å². The number of H-pyrrole nitrogens is 1. The molecule has 0 saturated carbocycles. The van der Waals surface area contributed by atoms with Crippen LogP contribution in [0.3, 0.4) is 0 Å². The minimum Gasteiger partial charge on any atom is -0.461 e. The number of hydrogen-bond donors (Lipinski definition) is 2. The van der Waals surface area contributed by atoms with Gasteiger partial charge in [-0.05, 0) is 31.2 Å². The van der Waals surface area contributed by atoms with Gasteiger partial charge in [0.25, 0.3) is 0 Å². The molecule has 0 radical (unpaired) electrons. The van der Waals surface area contributed by atoms with Crippen molar-refractivity contribution in [2.45, 2.75) is 6.92 Å². The van der Waals surface area contributed by atoms with Crippen molar-refractivity contribution in [2.75, 3.05) is 11.9 Å². The van der Waals surface area contributed by atoms with Crippen LogP contribution in [0.15, 0.2) is 24.3 Å². The zero-order valence-corrected chi connectivity index (χ0v) is 10.2. The van der Waals surface area contributed by atoms with Crippen molar-refractivity contribution >= 4 is 23.8 Å². The van der Waals surface area contributed by atoms with Gasteiger partial charge in [0, 0.05) is 11.3 Å². The Hall–Kier alpha value is -2.70. The maximum atomic E-state index is 11.6. The van der Waals surface area contributed by atoms with E-state index in [1.165, 1.54) is 0 Å². The summed E-state index contributed by atoms with van der Waals surface area (Å²) in [5.41, 5.74) is 1.34. The summed E-state index contributed by atoms with van der Waals surface area (Å²) in [6, 6.07) is 6.71. The maximum Gasteiger partial charge on any atom is 0.362 e. The fraction of sp³-hybridized carbons (Fsp3) is 0.167. The molecule has 0 fully saturated rings. The molecule has 0 saturated heterocycles. The molecule has 0 amide bonds. The predicted octanol–water partition coefficient (Wildman–Crippen LogP) is 1.54. The second-order valence-electron chi connectivity index (χ2n) is 3.61. The highest BCUT2D eigenvalue weighted by molar-refractivity contribution is 5.93. The Kier molecular flexibility index (Phi) is 3.87. The molecule has 0 atom stereocenters. The highest BCUT2D eigenvalue weighted by Crippen LogP contribution is 2.17. The van der Waals surface area contributed by atoms with Gasteiger partial charge in [-0.25, -0.2) is 4.79 Å². The molecule has 7 heteroatoms. The lowest BCUT2D eigenvalue weighted by atomic mass is 10.2. The first-order chi connectivity index (χ1) is 9.24. The lowest BCUT2D eigenvalue weighted by Gasteiger charge is -2.04. The van der Waals surface area contributed by atoms with Gasteiger partial charge in [0.1, 0.15) is 6.29 Å². The fourth-order valence-corrected chi connectivity index (χ4v) is 1.44. The summed E-state index contributed by atoms with van der Waals surface area (Å²) < 4.78 is 4.85. The summed E-state index contributed by atoms with van der Waals surface area (Å²) in [6.45, 7) is 1.97.